The van der Waals surface area contributed by atoms with E-state index >= 15 is 0 Å². The van der Waals surface area contributed by atoms with Crippen molar-refractivity contribution in [3.8, 4) is 0 Å². The third kappa shape index (κ3) is 3.07. The van der Waals surface area contributed by atoms with Crippen LogP contribution in [0.15, 0.2) is 24.3 Å². The summed E-state index contributed by atoms with van der Waals surface area (Å²) in [6, 6.07) is 7.47. The summed E-state index contributed by atoms with van der Waals surface area (Å²) < 4.78 is 6.04. The monoisotopic (exact) mass is 262 g/mol. The molecule has 1 atom stereocenters. The first-order valence-electron chi connectivity index (χ1n) is 6.56. The van der Waals surface area contributed by atoms with Gasteiger partial charge in [-0.05, 0) is 52.3 Å². The number of hydrogen-bond donors (Lipinski definition) is 2. The first-order valence-corrected chi connectivity index (χ1v) is 6.56. The molecule has 0 bridgehead atoms. The molecular weight excluding hydrogens is 240 g/mol. The molecule has 1 amide bonds. The Hall–Kier alpha value is -1.55. The zero-order chi connectivity index (χ0) is 14.3. The van der Waals surface area contributed by atoms with Crippen LogP contribution in [-0.2, 0) is 4.74 Å². The fraction of sp³-hybridized carbons (Fsp3) is 0.533. The highest BCUT2D eigenvalue weighted by molar-refractivity contribution is 5.93. The minimum Gasteiger partial charge on any atom is -0.379 e. The van der Waals surface area contributed by atoms with Crippen LogP contribution in [0.1, 0.15) is 44.5 Å². The molecule has 0 spiro atoms. The molecular formula is C15H22N2O2. The van der Waals surface area contributed by atoms with Gasteiger partial charge in [0.1, 0.15) is 0 Å². The predicted molar refractivity (Wildman–Crippen MR) is 76.2 cm³/mol. The van der Waals surface area contributed by atoms with E-state index in [4.69, 9.17) is 10.5 Å². The quantitative estimate of drug-likeness (QED) is 0.879. The molecule has 0 aliphatic carbocycles. The maximum absolute atomic E-state index is 11.2. The maximum atomic E-state index is 11.2. The summed E-state index contributed by atoms with van der Waals surface area (Å²) in [5, 5.41) is 3.45. The van der Waals surface area contributed by atoms with Crippen molar-refractivity contribution in [2.75, 3.05) is 5.32 Å². The van der Waals surface area contributed by atoms with Gasteiger partial charge in [0, 0.05) is 11.3 Å². The van der Waals surface area contributed by atoms with E-state index < -0.39 is 5.91 Å². The van der Waals surface area contributed by atoms with Crippen molar-refractivity contribution < 1.29 is 9.53 Å². The number of carbonyl (C=O) groups excluding carboxylic acids is 1. The third-order valence-corrected chi connectivity index (χ3v) is 3.56. The van der Waals surface area contributed by atoms with Crippen LogP contribution in [0.5, 0.6) is 0 Å². The molecule has 0 radical (unpaired) electrons. The van der Waals surface area contributed by atoms with Gasteiger partial charge in [0.05, 0.1) is 17.2 Å². The Morgan fingerprint density at radius 2 is 2.05 bits per heavy atom. The number of carbonyl (C=O) groups is 1. The van der Waals surface area contributed by atoms with Crippen LogP contribution >= 0.6 is 0 Å². The van der Waals surface area contributed by atoms with Gasteiger partial charge in [-0.25, -0.2) is 0 Å². The van der Waals surface area contributed by atoms with Crippen molar-refractivity contribution in [3.63, 3.8) is 0 Å². The van der Waals surface area contributed by atoms with Crippen LogP contribution in [0.3, 0.4) is 0 Å². The van der Waals surface area contributed by atoms with Crippen molar-refractivity contribution in [3.05, 3.63) is 29.8 Å². The second-order valence-electron chi connectivity index (χ2n) is 6.31. The van der Waals surface area contributed by atoms with Gasteiger partial charge in [0.15, 0.2) is 0 Å². The number of ether oxygens (including phenoxy) is 1. The van der Waals surface area contributed by atoms with Crippen LogP contribution in [0, 0.1) is 0 Å². The molecule has 104 valence electrons. The minimum atomic E-state index is -0.411. The van der Waals surface area contributed by atoms with Crippen molar-refractivity contribution in [1.29, 1.82) is 0 Å². The normalized spacial score (nSPS) is 24.1. The Morgan fingerprint density at radius 1 is 1.37 bits per heavy atom. The summed E-state index contributed by atoms with van der Waals surface area (Å²) in [5.41, 5.74) is 6.33. The van der Waals surface area contributed by atoms with Crippen molar-refractivity contribution in [2.45, 2.75) is 51.4 Å². The van der Waals surface area contributed by atoms with E-state index in [1.54, 1.807) is 12.1 Å². The van der Waals surface area contributed by atoms with E-state index in [0.717, 1.165) is 12.1 Å². The van der Waals surface area contributed by atoms with Crippen LogP contribution in [0.25, 0.3) is 0 Å². The van der Waals surface area contributed by atoms with Crippen LogP contribution < -0.4 is 11.1 Å². The van der Waals surface area contributed by atoms with Gasteiger partial charge in [-0.2, -0.15) is 0 Å². The van der Waals surface area contributed by atoms with Gasteiger partial charge in [-0.1, -0.05) is 6.07 Å². The van der Waals surface area contributed by atoms with E-state index in [1.807, 2.05) is 12.1 Å². The van der Waals surface area contributed by atoms with Crippen LogP contribution in [-0.4, -0.2) is 23.2 Å². The van der Waals surface area contributed by atoms with Gasteiger partial charge in [-0.15, -0.1) is 0 Å². The number of hydrogen-bond acceptors (Lipinski definition) is 3. The molecule has 2 rings (SSSR count). The molecule has 3 N–H and O–H groups in total. The predicted octanol–water partition coefficient (Wildman–Crippen LogP) is 2.54. The van der Waals surface area contributed by atoms with E-state index in [0.29, 0.717) is 5.56 Å². The lowest BCUT2D eigenvalue weighted by molar-refractivity contribution is -0.0662. The van der Waals surface area contributed by atoms with E-state index in [2.05, 4.69) is 33.0 Å². The number of nitrogens with one attached hydrogen (secondary N) is 1. The highest BCUT2D eigenvalue weighted by Crippen LogP contribution is 2.38. The maximum Gasteiger partial charge on any atom is 0.248 e. The van der Waals surface area contributed by atoms with Crippen LogP contribution in [0.2, 0.25) is 0 Å². The van der Waals surface area contributed by atoms with Crippen molar-refractivity contribution in [2.24, 2.45) is 5.73 Å². The molecule has 1 aromatic rings. The van der Waals surface area contributed by atoms with Gasteiger partial charge in [-0.3, -0.25) is 4.79 Å². The molecule has 1 fully saturated rings. The average molecular weight is 262 g/mol. The molecule has 4 heteroatoms. The molecule has 1 saturated heterocycles. The van der Waals surface area contributed by atoms with Crippen molar-refractivity contribution >= 4 is 11.6 Å². The molecule has 4 nitrogen and oxygen atoms in total. The Kier molecular flexibility index (Phi) is 3.31. The van der Waals surface area contributed by atoms with Gasteiger partial charge >= 0.3 is 0 Å². The Morgan fingerprint density at radius 3 is 2.58 bits per heavy atom. The fourth-order valence-electron chi connectivity index (χ4n) is 2.75. The number of rotatable bonds is 3. The fourth-order valence-corrected chi connectivity index (χ4v) is 2.75. The SMILES string of the molecule is CC1(C)CC(Nc2cccc(C(N)=O)c2)C(C)(C)O1. The second kappa shape index (κ2) is 4.53. The highest BCUT2D eigenvalue weighted by atomic mass is 16.5. The second-order valence-corrected chi connectivity index (χ2v) is 6.31. The number of nitrogens with two attached hydrogens (primary N) is 1. The van der Waals surface area contributed by atoms with Crippen LogP contribution in [0.4, 0.5) is 5.69 Å². The number of primary amides is 1. The van der Waals surface area contributed by atoms with Gasteiger partial charge < -0.3 is 15.8 Å². The molecule has 1 aliphatic rings. The smallest absolute Gasteiger partial charge is 0.248 e. The lowest BCUT2D eigenvalue weighted by Crippen LogP contribution is -2.38. The Balaban J connectivity index is 2.17. The lowest BCUT2D eigenvalue weighted by atomic mass is 9.94. The zero-order valence-corrected chi connectivity index (χ0v) is 12.0. The summed E-state index contributed by atoms with van der Waals surface area (Å²) in [4.78, 5) is 11.2. The molecule has 0 saturated carbocycles. The highest BCUT2D eigenvalue weighted by Gasteiger charge is 2.45. The van der Waals surface area contributed by atoms with Gasteiger partial charge in [0.2, 0.25) is 5.91 Å². The minimum absolute atomic E-state index is 0.136. The Labute approximate surface area is 114 Å². The van der Waals surface area contributed by atoms with E-state index in [9.17, 15) is 4.79 Å². The largest absolute Gasteiger partial charge is 0.379 e. The van der Waals surface area contributed by atoms with Crippen molar-refractivity contribution in [1.82, 2.24) is 0 Å². The van der Waals surface area contributed by atoms with E-state index in [-0.39, 0.29) is 17.2 Å². The first kappa shape index (κ1) is 13.9. The van der Waals surface area contributed by atoms with E-state index in [1.165, 1.54) is 0 Å². The molecule has 1 aromatic carbocycles. The molecule has 19 heavy (non-hydrogen) atoms. The average Bonchev–Trinajstić information content (AvgIpc) is 2.47. The molecule has 0 aromatic heterocycles. The number of anilines is 1. The number of amides is 1. The summed E-state index contributed by atoms with van der Waals surface area (Å²) in [6.45, 7) is 8.35. The summed E-state index contributed by atoms with van der Waals surface area (Å²) in [7, 11) is 0. The standard InChI is InChI=1S/C15H22N2O2/c1-14(2)9-12(15(3,4)19-14)17-11-7-5-6-10(8-11)13(16)18/h5-8,12,17H,9H2,1-4H3,(H2,16,18). The zero-order valence-electron chi connectivity index (χ0n) is 12.0. The summed E-state index contributed by atoms with van der Waals surface area (Å²) in [6.07, 6.45) is 0.917. The topological polar surface area (TPSA) is 64.3 Å². The van der Waals surface area contributed by atoms with Gasteiger partial charge in [0.25, 0.3) is 0 Å². The third-order valence-electron chi connectivity index (χ3n) is 3.56. The molecule has 1 aliphatic heterocycles. The molecule has 1 unspecified atom stereocenters. The summed E-state index contributed by atoms with van der Waals surface area (Å²) >= 11 is 0. The number of benzene rings is 1. The lowest BCUT2D eigenvalue weighted by Gasteiger charge is -2.28. The summed E-state index contributed by atoms with van der Waals surface area (Å²) in [5.74, 6) is -0.411. The Bertz CT molecular complexity index is 495. The molecule has 1 heterocycles. The first-order chi connectivity index (χ1) is 8.70.